The van der Waals surface area contributed by atoms with Crippen LogP contribution in [-0.2, 0) is 9.59 Å². The molecule has 0 saturated heterocycles. The Balaban J connectivity index is 2.60. The lowest BCUT2D eigenvalue weighted by Gasteiger charge is -2.20. The Morgan fingerprint density at radius 2 is 1.24 bits per heavy atom. The van der Waals surface area contributed by atoms with Gasteiger partial charge in [0, 0.05) is 29.6 Å². The summed E-state index contributed by atoms with van der Waals surface area (Å²) in [5.74, 6) is 2.06. The van der Waals surface area contributed by atoms with Crippen molar-refractivity contribution in [3.63, 3.8) is 0 Å². The molecule has 0 atom stereocenters. The van der Waals surface area contributed by atoms with Gasteiger partial charge in [-0.1, -0.05) is 64.0 Å². The van der Waals surface area contributed by atoms with Gasteiger partial charge in [-0.15, -0.1) is 23.5 Å². The summed E-state index contributed by atoms with van der Waals surface area (Å²) in [6.07, 6.45) is 9.19. The van der Waals surface area contributed by atoms with Crippen LogP contribution in [0.1, 0.15) is 79.1 Å². The minimum atomic E-state index is -0.386. The molecular weight excluding hydrogens is 476 g/mol. The molecule has 33 heavy (non-hydrogen) atoms. The van der Waals surface area contributed by atoms with E-state index in [0.717, 1.165) is 52.4 Å². The van der Waals surface area contributed by atoms with Crippen LogP contribution < -0.4 is 9.47 Å². The van der Waals surface area contributed by atoms with E-state index in [9.17, 15) is 9.59 Å². The third-order valence-electron chi connectivity index (χ3n) is 5.07. The van der Waals surface area contributed by atoms with Gasteiger partial charge in [0.2, 0.25) is 0 Å². The lowest BCUT2D eigenvalue weighted by atomic mass is 10.1. The zero-order chi connectivity index (χ0) is 24.2. The first-order chi connectivity index (χ1) is 15.9. The number of thioether (sulfide) groups is 2. The Morgan fingerprint density at radius 3 is 1.70 bits per heavy atom. The topological polar surface area (TPSA) is 52.6 Å². The number of benzene rings is 2. The number of esters is 2. The van der Waals surface area contributed by atoms with E-state index in [1.807, 2.05) is 6.07 Å². The number of fused-ring (bicyclic) bond motifs is 1. The van der Waals surface area contributed by atoms with Gasteiger partial charge in [-0.25, -0.2) is 0 Å². The molecule has 0 aliphatic heterocycles. The minimum absolute atomic E-state index is 0.377. The highest BCUT2D eigenvalue weighted by Crippen LogP contribution is 2.51. The number of unbranched alkanes of at least 4 members (excludes halogenated alkanes) is 6. The Kier molecular flexibility index (Phi) is 12.5. The molecule has 0 aliphatic carbocycles. The maximum absolute atomic E-state index is 12.1. The Hall–Kier alpha value is -1.37. The second-order valence-electron chi connectivity index (χ2n) is 8.01. The molecule has 182 valence electrons. The fourth-order valence-corrected chi connectivity index (χ4v) is 6.16. The zero-order valence-corrected chi connectivity index (χ0v) is 22.5. The SMILES string of the molecule is CCCCCCSc1c(SCCCCCC)c(OC(C)=O)c2cc(Cl)ccc2c1OC(C)=O. The number of rotatable bonds is 14. The first kappa shape index (κ1) is 27.9. The van der Waals surface area contributed by atoms with Gasteiger partial charge in [-0.2, -0.15) is 0 Å². The van der Waals surface area contributed by atoms with Crippen molar-refractivity contribution in [2.75, 3.05) is 11.5 Å². The summed E-state index contributed by atoms with van der Waals surface area (Å²) < 4.78 is 11.5. The molecular formula is C26H35ClO4S2. The van der Waals surface area contributed by atoms with Gasteiger partial charge in [0.25, 0.3) is 0 Å². The van der Waals surface area contributed by atoms with E-state index in [-0.39, 0.29) is 11.9 Å². The molecule has 0 bridgehead atoms. The van der Waals surface area contributed by atoms with Crippen molar-refractivity contribution in [1.82, 2.24) is 0 Å². The molecule has 2 aromatic carbocycles. The molecule has 0 fully saturated rings. The Labute approximate surface area is 211 Å². The Morgan fingerprint density at radius 1 is 0.758 bits per heavy atom. The largest absolute Gasteiger partial charge is 0.425 e. The van der Waals surface area contributed by atoms with E-state index in [4.69, 9.17) is 21.1 Å². The minimum Gasteiger partial charge on any atom is -0.425 e. The highest BCUT2D eigenvalue weighted by Gasteiger charge is 2.25. The molecule has 0 amide bonds. The summed E-state index contributed by atoms with van der Waals surface area (Å²) in [7, 11) is 0. The summed E-state index contributed by atoms with van der Waals surface area (Å²) >= 11 is 9.65. The number of hydrogen-bond donors (Lipinski definition) is 0. The third kappa shape index (κ3) is 8.73. The first-order valence-corrected chi connectivity index (χ1v) is 14.2. The van der Waals surface area contributed by atoms with Crippen LogP contribution >= 0.6 is 35.1 Å². The van der Waals surface area contributed by atoms with Gasteiger partial charge >= 0.3 is 11.9 Å². The molecule has 0 aliphatic rings. The van der Waals surface area contributed by atoms with Crippen LogP contribution in [0.15, 0.2) is 28.0 Å². The molecule has 0 unspecified atom stereocenters. The zero-order valence-electron chi connectivity index (χ0n) is 20.1. The average molecular weight is 511 g/mol. The van der Waals surface area contributed by atoms with Crippen LogP contribution in [-0.4, -0.2) is 23.4 Å². The van der Waals surface area contributed by atoms with Crippen molar-refractivity contribution < 1.29 is 19.1 Å². The molecule has 0 heterocycles. The van der Waals surface area contributed by atoms with Crippen LogP contribution in [0.4, 0.5) is 0 Å². The Bertz CT molecular complexity index is 946. The van der Waals surface area contributed by atoms with E-state index in [0.29, 0.717) is 21.9 Å². The smallest absolute Gasteiger partial charge is 0.308 e. The van der Waals surface area contributed by atoms with E-state index in [1.54, 1.807) is 35.7 Å². The van der Waals surface area contributed by atoms with Crippen molar-refractivity contribution in [1.29, 1.82) is 0 Å². The van der Waals surface area contributed by atoms with Gasteiger partial charge in [0.05, 0.1) is 9.79 Å². The lowest BCUT2D eigenvalue weighted by molar-refractivity contribution is -0.133. The normalized spacial score (nSPS) is 11.1. The number of ether oxygens (including phenoxy) is 2. The van der Waals surface area contributed by atoms with Crippen molar-refractivity contribution in [2.45, 2.75) is 88.9 Å². The quantitative estimate of drug-likeness (QED) is 0.110. The van der Waals surface area contributed by atoms with Crippen LogP contribution in [0.5, 0.6) is 11.5 Å². The standard InChI is InChI=1S/C26H35ClO4S2/c1-5-7-9-11-15-32-25-23(30-18(3)28)21-14-13-20(27)17-22(21)24(31-19(4)29)26(25)33-16-12-10-8-6-2/h13-14,17H,5-12,15-16H2,1-4H3. The number of halogens is 1. The van der Waals surface area contributed by atoms with Gasteiger partial charge in [-0.05, 0) is 42.5 Å². The molecule has 0 saturated carbocycles. The average Bonchev–Trinajstić information content (AvgIpc) is 2.76. The second-order valence-corrected chi connectivity index (χ2v) is 10.7. The summed E-state index contributed by atoms with van der Waals surface area (Å²) in [5, 5.41) is 1.93. The number of hydrogen-bond acceptors (Lipinski definition) is 6. The second kappa shape index (κ2) is 14.8. The van der Waals surface area contributed by atoms with Crippen LogP contribution in [0.2, 0.25) is 5.02 Å². The van der Waals surface area contributed by atoms with Crippen molar-refractivity contribution in [2.24, 2.45) is 0 Å². The molecule has 0 spiro atoms. The predicted molar refractivity (Wildman–Crippen MR) is 141 cm³/mol. The summed E-state index contributed by atoms with van der Waals surface area (Å²) in [4.78, 5) is 25.8. The summed E-state index contributed by atoms with van der Waals surface area (Å²) in [5.41, 5.74) is 0. The van der Waals surface area contributed by atoms with Gasteiger partial charge < -0.3 is 9.47 Å². The monoisotopic (exact) mass is 510 g/mol. The molecule has 0 aromatic heterocycles. The fourth-order valence-electron chi connectivity index (χ4n) is 3.51. The van der Waals surface area contributed by atoms with E-state index < -0.39 is 0 Å². The highest BCUT2D eigenvalue weighted by atomic mass is 35.5. The molecule has 0 radical (unpaired) electrons. The maximum atomic E-state index is 12.1. The third-order valence-corrected chi connectivity index (χ3v) is 7.78. The van der Waals surface area contributed by atoms with Crippen LogP contribution in [0.25, 0.3) is 10.8 Å². The van der Waals surface area contributed by atoms with Crippen molar-refractivity contribution >= 4 is 57.8 Å². The molecule has 2 aromatic rings. The lowest BCUT2D eigenvalue weighted by Crippen LogP contribution is -2.08. The van der Waals surface area contributed by atoms with Gasteiger partial charge in [-0.3, -0.25) is 9.59 Å². The molecule has 7 heteroatoms. The van der Waals surface area contributed by atoms with E-state index in [2.05, 4.69) is 13.8 Å². The summed E-state index contributed by atoms with van der Waals surface area (Å²) in [6.45, 7) is 7.20. The van der Waals surface area contributed by atoms with Gasteiger partial charge in [0.1, 0.15) is 0 Å². The predicted octanol–water partition coefficient (Wildman–Crippen LogP) is 8.69. The van der Waals surface area contributed by atoms with E-state index >= 15 is 0 Å². The molecule has 2 rings (SSSR count). The highest BCUT2D eigenvalue weighted by molar-refractivity contribution is 8.02. The number of carbonyl (C=O) groups excluding carboxylic acids is 2. The maximum Gasteiger partial charge on any atom is 0.308 e. The molecule has 0 N–H and O–H groups in total. The van der Waals surface area contributed by atoms with Crippen molar-refractivity contribution in [3.8, 4) is 11.5 Å². The van der Waals surface area contributed by atoms with Gasteiger partial charge in [0.15, 0.2) is 11.5 Å². The van der Waals surface area contributed by atoms with Crippen molar-refractivity contribution in [3.05, 3.63) is 23.2 Å². The summed E-state index contributed by atoms with van der Waals surface area (Å²) in [6, 6.07) is 5.38. The van der Waals surface area contributed by atoms with E-state index in [1.165, 1.54) is 39.5 Å². The molecule has 4 nitrogen and oxygen atoms in total. The van der Waals surface area contributed by atoms with Crippen LogP contribution in [0.3, 0.4) is 0 Å². The first-order valence-electron chi connectivity index (χ1n) is 11.8. The fraction of sp³-hybridized carbons (Fsp3) is 0.538. The number of carbonyl (C=O) groups is 2. The van der Waals surface area contributed by atoms with Crippen LogP contribution in [0, 0.1) is 0 Å².